The second-order valence-electron chi connectivity index (χ2n) is 4.45. The predicted octanol–water partition coefficient (Wildman–Crippen LogP) is 4.41. The second-order valence-corrected chi connectivity index (χ2v) is 6.09. The van der Waals surface area contributed by atoms with Crippen LogP contribution in [0.2, 0.25) is 0 Å². The summed E-state index contributed by atoms with van der Waals surface area (Å²) in [7, 11) is 1.68. The highest BCUT2D eigenvalue weighted by molar-refractivity contribution is 9.10. The summed E-state index contributed by atoms with van der Waals surface area (Å²) in [6.07, 6.45) is 1.07. The van der Waals surface area contributed by atoms with E-state index in [1.807, 2.05) is 6.07 Å². The molecule has 0 amide bonds. The van der Waals surface area contributed by atoms with Gasteiger partial charge in [-0.1, -0.05) is 6.07 Å². The van der Waals surface area contributed by atoms with Crippen molar-refractivity contribution in [2.45, 2.75) is 19.4 Å². The highest BCUT2D eigenvalue weighted by Crippen LogP contribution is 2.27. The van der Waals surface area contributed by atoms with Gasteiger partial charge in [0, 0.05) is 6.04 Å². The zero-order chi connectivity index (χ0) is 13.7. The molecule has 0 fully saturated rings. The lowest BCUT2D eigenvalue weighted by Crippen LogP contribution is -2.21. The Morgan fingerprint density at radius 1 is 1.37 bits per heavy atom. The van der Waals surface area contributed by atoms with Crippen LogP contribution in [0, 0.1) is 0 Å². The minimum Gasteiger partial charge on any atom is -0.496 e. The van der Waals surface area contributed by atoms with E-state index in [2.05, 4.69) is 57.1 Å². The van der Waals surface area contributed by atoms with Gasteiger partial charge in [-0.05, 0) is 75.9 Å². The maximum atomic E-state index is 5.24. The number of ether oxygens (including phenoxy) is 1. The Labute approximate surface area is 126 Å². The van der Waals surface area contributed by atoms with Gasteiger partial charge in [0.1, 0.15) is 5.75 Å². The number of rotatable bonds is 6. The summed E-state index contributed by atoms with van der Waals surface area (Å²) < 4.78 is 6.24. The fraction of sp³-hybridized carbons (Fsp3) is 0.333. The number of halogens is 1. The van der Waals surface area contributed by atoms with Crippen molar-refractivity contribution in [2.24, 2.45) is 0 Å². The van der Waals surface area contributed by atoms with Crippen LogP contribution in [0.1, 0.15) is 24.1 Å². The molecule has 0 saturated heterocycles. The van der Waals surface area contributed by atoms with Crippen LogP contribution >= 0.6 is 27.3 Å². The Morgan fingerprint density at radius 2 is 2.21 bits per heavy atom. The Kier molecular flexibility index (Phi) is 5.43. The zero-order valence-electron chi connectivity index (χ0n) is 11.2. The van der Waals surface area contributed by atoms with Crippen molar-refractivity contribution in [3.05, 3.63) is 50.6 Å². The molecule has 1 unspecified atom stereocenters. The van der Waals surface area contributed by atoms with Crippen molar-refractivity contribution in [2.75, 3.05) is 13.7 Å². The molecule has 2 rings (SSSR count). The maximum Gasteiger partial charge on any atom is 0.133 e. The minimum atomic E-state index is 0.334. The van der Waals surface area contributed by atoms with Crippen molar-refractivity contribution in [1.29, 1.82) is 0 Å². The minimum absolute atomic E-state index is 0.334. The summed E-state index contributed by atoms with van der Waals surface area (Å²) in [5.41, 5.74) is 2.67. The smallest absolute Gasteiger partial charge is 0.133 e. The van der Waals surface area contributed by atoms with Gasteiger partial charge in [0.15, 0.2) is 0 Å². The molecule has 0 aliphatic rings. The molecule has 4 heteroatoms. The molecule has 2 nitrogen and oxygen atoms in total. The van der Waals surface area contributed by atoms with Crippen molar-refractivity contribution in [1.82, 2.24) is 5.32 Å². The molecule has 0 aliphatic heterocycles. The summed E-state index contributed by atoms with van der Waals surface area (Å²) in [4.78, 5) is 0. The number of hydrogen-bond acceptors (Lipinski definition) is 3. The van der Waals surface area contributed by atoms with E-state index in [1.54, 1.807) is 18.4 Å². The molecule has 1 aromatic heterocycles. The lowest BCUT2D eigenvalue weighted by Gasteiger charge is -2.15. The fourth-order valence-corrected chi connectivity index (χ4v) is 3.20. The van der Waals surface area contributed by atoms with Gasteiger partial charge in [0.25, 0.3) is 0 Å². The van der Waals surface area contributed by atoms with E-state index in [0.29, 0.717) is 6.04 Å². The molecule has 1 aromatic carbocycles. The first-order valence-corrected chi connectivity index (χ1v) is 8.02. The summed E-state index contributed by atoms with van der Waals surface area (Å²) >= 11 is 5.28. The Morgan fingerprint density at radius 3 is 2.84 bits per heavy atom. The van der Waals surface area contributed by atoms with Crippen molar-refractivity contribution < 1.29 is 4.74 Å². The SMILES string of the molecule is COc1ccc(C(C)NCCc2ccsc2)cc1Br. The highest BCUT2D eigenvalue weighted by atomic mass is 79.9. The Hall–Kier alpha value is -0.840. The molecule has 1 atom stereocenters. The van der Waals surface area contributed by atoms with Crippen LogP contribution in [0.4, 0.5) is 0 Å². The highest BCUT2D eigenvalue weighted by Gasteiger charge is 2.07. The van der Waals surface area contributed by atoms with E-state index in [1.165, 1.54) is 11.1 Å². The molecule has 102 valence electrons. The normalized spacial score (nSPS) is 12.4. The third-order valence-corrected chi connectivity index (χ3v) is 4.47. The third-order valence-electron chi connectivity index (χ3n) is 3.12. The Balaban J connectivity index is 1.88. The van der Waals surface area contributed by atoms with Gasteiger partial charge in [-0.15, -0.1) is 0 Å². The van der Waals surface area contributed by atoms with Crippen LogP contribution in [0.3, 0.4) is 0 Å². The van der Waals surface area contributed by atoms with E-state index >= 15 is 0 Å². The van der Waals surface area contributed by atoms with Crippen LogP contribution in [0.15, 0.2) is 39.5 Å². The summed E-state index contributed by atoms with van der Waals surface area (Å²) in [6, 6.07) is 8.73. The first-order valence-electron chi connectivity index (χ1n) is 6.28. The topological polar surface area (TPSA) is 21.3 Å². The average molecular weight is 340 g/mol. The standard InChI is InChI=1S/C15H18BrNOS/c1-11(17-7-5-12-6-8-19-10-12)13-3-4-15(18-2)14(16)9-13/h3-4,6,8-11,17H,5,7H2,1-2H3. The van der Waals surface area contributed by atoms with Gasteiger partial charge in [-0.3, -0.25) is 0 Å². The van der Waals surface area contributed by atoms with Crippen LogP contribution < -0.4 is 10.1 Å². The van der Waals surface area contributed by atoms with Crippen LogP contribution in [0.25, 0.3) is 0 Å². The lowest BCUT2D eigenvalue weighted by atomic mass is 10.1. The fourth-order valence-electron chi connectivity index (χ4n) is 1.94. The van der Waals surface area contributed by atoms with Gasteiger partial charge in [0.05, 0.1) is 11.6 Å². The average Bonchev–Trinajstić information content (AvgIpc) is 2.91. The lowest BCUT2D eigenvalue weighted by molar-refractivity contribution is 0.411. The van der Waals surface area contributed by atoms with Gasteiger partial charge in [-0.2, -0.15) is 11.3 Å². The quantitative estimate of drug-likeness (QED) is 0.841. The van der Waals surface area contributed by atoms with Crippen LogP contribution in [-0.2, 0) is 6.42 Å². The third kappa shape index (κ3) is 4.06. The molecular weight excluding hydrogens is 322 g/mol. The van der Waals surface area contributed by atoms with E-state index in [4.69, 9.17) is 4.74 Å². The van der Waals surface area contributed by atoms with E-state index in [0.717, 1.165) is 23.2 Å². The summed E-state index contributed by atoms with van der Waals surface area (Å²) in [5, 5.41) is 7.87. The van der Waals surface area contributed by atoms with Gasteiger partial charge < -0.3 is 10.1 Å². The van der Waals surface area contributed by atoms with Crippen molar-refractivity contribution in [3.63, 3.8) is 0 Å². The van der Waals surface area contributed by atoms with Crippen molar-refractivity contribution in [3.8, 4) is 5.75 Å². The molecule has 0 bridgehead atoms. The number of hydrogen-bond donors (Lipinski definition) is 1. The molecule has 1 heterocycles. The largest absolute Gasteiger partial charge is 0.496 e. The molecule has 0 saturated carbocycles. The monoisotopic (exact) mass is 339 g/mol. The Bertz CT molecular complexity index is 513. The number of nitrogens with one attached hydrogen (secondary N) is 1. The van der Waals surface area contributed by atoms with Gasteiger partial charge in [0.2, 0.25) is 0 Å². The number of benzene rings is 1. The first-order chi connectivity index (χ1) is 9.20. The number of thiophene rings is 1. The van der Waals surface area contributed by atoms with E-state index in [-0.39, 0.29) is 0 Å². The maximum absolute atomic E-state index is 5.24. The molecule has 0 spiro atoms. The summed E-state index contributed by atoms with van der Waals surface area (Å²) in [5.74, 6) is 0.870. The molecule has 19 heavy (non-hydrogen) atoms. The van der Waals surface area contributed by atoms with Gasteiger partial charge in [-0.25, -0.2) is 0 Å². The van der Waals surface area contributed by atoms with Gasteiger partial charge >= 0.3 is 0 Å². The first kappa shape index (κ1) is 14.6. The molecule has 0 aliphatic carbocycles. The second kappa shape index (κ2) is 7.08. The molecule has 1 N–H and O–H groups in total. The molecular formula is C15H18BrNOS. The summed E-state index contributed by atoms with van der Waals surface area (Å²) in [6.45, 7) is 3.17. The molecule has 2 aromatic rings. The van der Waals surface area contributed by atoms with Crippen LogP contribution in [-0.4, -0.2) is 13.7 Å². The van der Waals surface area contributed by atoms with E-state index < -0.39 is 0 Å². The molecule has 0 radical (unpaired) electrons. The zero-order valence-corrected chi connectivity index (χ0v) is 13.6. The predicted molar refractivity (Wildman–Crippen MR) is 85.1 cm³/mol. The van der Waals surface area contributed by atoms with Crippen LogP contribution in [0.5, 0.6) is 5.75 Å². The number of methoxy groups -OCH3 is 1. The van der Waals surface area contributed by atoms with Crippen molar-refractivity contribution >= 4 is 27.3 Å². The van der Waals surface area contributed by atoms with E-state index in [9.17, 15) is 0 Å².